The van der Waals surface area contributed by atoms with Crippen molar-refractivity contribution < 1.29 is 0 Å². The van der Waals surface area contributed by atoms with Gasteiger partial charge in [0.05, 0.1) is 11.4 Å². The molecule has 172 valence electrons. The van der Waals surface area contributed by atoms with Gasteiger partial charge in [-0.1, -0.05) is 67.6 Å². The number of aryl methyl sites for hydroxylation is 2. The zero-order valence-corrected chi connectivity index (χ0v) is 21.2. The Kier molecular flexibility index (Phi) is 5.68. The fraction of sp³-hybridized carbons (Fsp3) is 0.103. The Balaban J connectivity index is 0.000000131. The summed E-state index contributed by atoms with van der Waals surface area (Å²) in [6, 6.07) is 23.5. The van der Waals surface area contributed by atoms with Crippen LogP contribution in [0.4, 0.5) is 0 Å². The van der Waals surface area contributed by atoms with Crippen molar-refractivity contribution in [3.63, 3.8) is 0 Å². The molecular weight excluding hydrogens is 468 g/mol. The van der Waals surface area contributed by atoms with E-state index in [-0.39, 0.29) is 0 Å². The molecule has 3 aromatic carbocycles. The molecule has 4 nitrogen and oxygen atoms in total. The summed E-state index contributed by atoms with van der Waals surface area (Å²) in [7, 11) is 0. The molecule has 0 saturated carbocycles. The predicted octanol–water partition coefficient (Wildman–Crippen LogP) is 8.15. The molecule has 0 aliphatic rings. The molecule has 0 saturated heterocycles. The van der Waals surface area contributed by atoms with Gasteiger partial charge in [0.1, 0.15) is 0 Å². The van der Waals surface area contributed by atoms with E-state index < -0.39 is 0 Å². The van der Waals surface area contributed by atoms with Gasteiger partial charge in [-0.05, 0) is 35.7 Å². The Hall–Kier alpha value is -3.74. The van der Waals surface area contributed by atoms with Gasteiger partial charge in [0.25, 0.3) is 0 Å². The standard InChI is InChI=1S/C15H10N2S.C14H14N2S/c1-2-4-12-9-13(6-5-11(12)3-1)14-10-17-7-8-18-15(17)16-14;1-3-11-4-6-12(7-5-11)13-9-16-8-10(2)17-14(16)15-13/h1-10H;4-9H,3H2,1-2H3. The lowest BCUT2D eigenvalue weighted by Crippen LogP contribution is -1.81. The number of aromatic nitrogens is 4. The Morgan fingerprint density at radius 3 is 2.23 bits per heavy atom. The number of fused-ring (bicyclic) bond motifs is 3. The van der Waals surface area contributed by atoms with Crippen LogP contribution in [0.5, 0.6) is 0 Å². The molecule has 7 aromatic rings. The maximum Gasteiger partial charge on any atom is 0.194 e. The van der Waals surface area contributed by atoms with Crippen molar-refractivity contribution in [2.45, 2.75) is 20.3 Å². The topological polar surface area (TPSA) is 34.6 Å². The second-order valence-corrected chi connectivity index (χ2v) is 10.6. The Labute approximate surface area is 211 Å². The van der Waals surface area contributed by atoms with Gasteiger partial charge >= 0.3 is 0 Å². The van der Waals surface area contributed by atoms with E-state index in [0.29, 0.717) is 0 Å². The van der Waals surface area contributed by atoms with Gasteiger partial charge in [0.2, 0.25) is 0 Å². The minimum Gasteiger partial charge on any atom is -0.297 e. The molecule has 0 radical (unpaired) electrons. The first kappa shape index (κ1) is 21.8. The highest BCUT2D eigenvalue weighted by Crippen LogP contribution is 2.26. The lowest BCUT2D eigenvalue weighted by molar-refractivity contribution is 1.14. The zero-order valence-electron chi connectivity index (χ0n) is 19.6. The van der Waals surface area contributed by atoms with E-state index in [9.17, 15) is 0 Å². The molecule has 4 aromatic heterocycles. The molecule has 0 aliphatic carbocycles. The summed E-state index contributed by atoms with van der Waals surface area (Å²) in [6.45, 7) is 4.28. The highest BCUT2D eigenvalue weighted by atomic mass is 32.1. The smallest absolute Gasteiger partial charge is 0.194 e. The summed E-state index contributed by atoms with van der Waals surface area (Å²) >= 11 is 3.39. The van der Waals surface area contributed by atoms with Crippen molar-refractivity contribution in [2.75, 3.05) is 0 Å². The van der Waals surface area contributed by atoms with E-state index in [2.05, 4.69) is 118 Å². The lowest BCUT2D eigenvalue weighted by Gasteiger charge is -2.00. The van der Waals surface area contributed by atoms with Gasteiger partial charge in [0.15, 0.2) is 9.92 Å². The van der Waals surface area contributed by atoms with E-state index in [1.807, 2.05) is 11.6 Å². The van der Waals surface area contributed by atoms with E-state index in [1.165, 1.54) is 32.3 Å². The summed E-state index contributed by atoms with van der Waals surface area (Å²) in [4.78, 5) is 12.7. The van der Waals surface area contributed by atoms with Crippen molar-refractivity contribution in [2.24, 2.45) is 0 Å². The lowest BCUT2D eigenvalue weighted by atomic mass is 10.1. The molecular formula is C29H24N4S2. The highest BCUT2D eigenvalue weighted by molar-refractivity contribution is 7.17. The number of hydrogen-bond acceptors (Lipinski definition) is 4. The maximum absolute atomic E-state index is 4.64. The number of rotatable bonds is 3. The number of benzene rings is 3. The second-order valence-electron chi connectivity index (χ2n) is 8.49. The highest BCUT2D eigenvalue weighted by Gasteiger charge is 2.07. The monoisotopic (exact) mass is 492 g/mol. The van der Waals surface area contributed by atoms with Crippen LogP contribution in [0.2, 0.25) is 0 Å². The van der Waals surface area contributed by atoms with Crippen molar-refractivity contribution >= 4 is 43.4 Å². The zero-order chi connectivity index (χ0) is 23.8. The first-order chi connectivity index (χ1) is 17.2. The van der Waals surface area contributed by atoms with Crippen LogP contribution in [-0.2, 0) is 6.42 Å². The van der Waals surface area contributed by atoms with Crippen molar-refractivity contribution in [3.05, 3.63) is 107 Å². The number of thiazole rings is 2. The average molecular weight is 493 g/mol. The van der Waals surface area contributed by atoms with E-state index in [4.69, 9.17) is 0 Å². The van der Waals surface area contributed by atoms with Crippen molar-refractivity contribution in [1.29, 1.82) is 0 Å². The van der Waals surface area contributed by atoms with E-state index in [0.717, 1.165) is 27.7 Å². The van der Waals surface area contributed by atoms with Crippen LogP contribution in [0.1, 0.15) is 17.4 Å². The molecule has 0 N–H and O–H groups in total. The fourth-order valence-electron chi connectivity index (χ4n) is 4.18. The molecule has 0 amide bonds. The summed E-state index contributed by atoms with van der Waals surface area (Å²) in [6.07, 6.45) is 9.42. The van der Waals surface area contributed by atoms with Crippen LogP contribution in [-0.4, -0.2) is 18.8 Å². The molecule has 4 heterocycles. The first-order valence-electron chi connectivity index (χ1n) is 11.6. The molecule has 0 atom stereocenters. The van der Waals surface area contributed by atoms with Crippen LogP contribution in [0.15, 0.2) is 96.9 Å². The molecule has 35 heavy (non-hydrogen) atoms. The number of imidazole rings is 2. The van der Waals surface area contributed by atoms with Gasteiger partial charge in [0, 0.05) is 46.2 Å². The quantitative estimate of drug-likeness (QED) is 0.249. The summed E-state index contributed by atoms with van der Waals surface area (Å²) in [5.74, 6) is 0. The maximum atomic E-state index is 4.64. The van der Waals surface area contributed by atoms with Gasteiger partial charge in [-0.3, -0.25) is 8.80 Å². The summed E-state index contributed by atoms with van der Waals surface area (Å²) in [5.41, 5.74) is 5.82. The largest absolute Gasteiger partial charge is 0.297 e. The van der Waals surface area contributed by atoms with Crippen molar-refractivity contribution in [1.82, 2.24) is 18.8 Å². The van der Waals surface area contributed by atoms with Crippen LogP contribution in [0, 0.1) is 6.92 Å². The van der Waals surface area contributed by atoms with Crippen LogP contribution >= 0.6 is 22.7 Å². The predicted molar refractivity (Wildman–Crippen MR) is 149 cm³/mol. The Morgan fingerprint density at radius 1 is 0.743 bits per heavy atom. The fourth-order valence-corrected chi connectivity index (χ4v) is 5.69. The van der Waals surface area contributed by atoms with Gasteiger partial charge in [-0.25, -0.2) is 9.97 Å². The third-order valence-corrected chi connectivity index (χ3v) is 7.75. The SMILES string of the molecule is CCc1ccc(-c2cn3cc(C)sc3n2)cc1.c1ccc2cc(-c3cn4ccsc4n3)ccc2c1. The third kappa shape index (κ3) is 4.38. The second kappa shape index (κ2) is 9.13. The van der Waals surface area contributed by atoms with Gasteiger partial charge < -0.3 is 0 Å². The van der Waals surface area contributed by atoms with Crippen LogP contribution < -0.4 is 0 Å². The third-order valence-electron chi connectivity index (χ3n) is 6.07. The van der Waals surface area contributed by atoms with Gasteiger partial charge in [-0.2, -0.15) is 0 Å². The normalized spacial score (nSPS) is 11.3. The van der Waals surface area contributed by atoms with Gasteiger partial charge in [-0.15, -0.1) is 22.7 Å². The number of hydrogen-bond donors (Lipinski definition) is 0. The Morgan fingerprint density at radius 2 is 1.46 bits per heavy atom. The Bertz CT molecular complexity index is 1690. The van der Waals surface area contributed by atoms with E-state index in [1.54, 1.807) is 22.7 Å². The molecule has 6 heteroatoms. The molecule has 0 unspecified atom stereocenters. The summed E-state index contributed by atoms with van der Waals surface area (Å²) in [5, 5.41) is 4.57. The molecule has 0 fully saturated rings. The molecule has 7 rings (SSSR count). The van der Waals surface area contributed by atoms with Crippen LogP contribution in [0.3, 0.4) is 0 Å². The molecule has 0 spiro atoms. The van der Waals surface area contributed by atoms with Crippen molar-refractivity contribution in [3.8, 4) is 22.5 Å². The minimum absolute atomic E-state index is 1.03. The minimum atomic E-state index is 1.03. The average Bonchev–Trinajstić information content (AvgIpc) is 3.65. The molecule has 0 aliphatic heterocycles. The first-order valence-corrected chi connectivity index (χ1v) is 13.3. The van der Waals surface area contributed by atoms with Crippen LogP contribution in [0.25, 0.3) is 43.2 Å². The molecule has 0 bridgehead atoms. The number of nitrogens with zero attached hydrogens (tertiary/aromatic N) is 4. The summed E-state index contributed by atoms with van der Waals surface area (Å²) < 4.78 is 4.16. The van der Waals surface area contributed by atoms with E-state index >= 15 is 0 Å².